The molecule has 4 heterocycles. The van der Waals surface area contributed by atoms with Crippen molar-refractivity contribution >= 4 is 35.2 Å². The minimum atomic E-state index is -0.813. The van der Waals surface area contributed by atoms with Crippen LogP contribution in [0.15, 0.2) is 54.6 Å². The van der Waals surface area contributed by atoms with E-state index in [1.165, 1.54) is 0 Å². The van der Waals surface area contributed by atoms with Gasteiger partial charge in [-0.25, -0.2) is 0 Å². The van der Waals surface area contributed by atoms with E-state index in [4.69, 9.17) is 0 Å². The van der Waals surface area contributed by atoms with Gasteiger partial charge in [0, 0.05) is 42.7 Å². The van der Waals surface area contributed by atoms with Gasteiger partial charge < -0.3 is 19.8 Å². The number of fused-ring (bicyclic) bond motifs is 2. The van der Waals surface area contributed by atoms with E-state index in [9.17, 15) is 19.5 Å². The van der Waals surface area contributed by atoms with Crippen molar-refractivity contribution in [2.45, 2.75) is 81.9 Å². The molecule has 8 heteroatoms. The lowest BCUT2D eigenvalue weighted by Gasteiger charge is -2.44. The lowest BCUT2D eigenvalue weighted by atomic mass is 9.77. The van der Waals surface area contributed by atoms with Crippen LogP contribution in [0.4, 0.5) is 5.69 Å². The van der Waals surface area contributed by atoms with E-state index in [1.54, 1.807) is 21.6 Å². The predicted octanol–water partition coefficient (Wildman–Crippen LogP) is 4.66. The fraction of sp³-hybridized carbons (Fsp3) is 0.606. The minimum Gasteiger partial charge on any atom is -0.396 e. The highest BCUT2D eigenvalue weighted by Crippen LogP contribution is 2.61. The molecule has 0 saturated carbocycles. The zero-order valence-corrected chi connectivity index (χ0v) is 25.9. The molecule has 3 amide bonds. The van der Waals surface area contributed by atoms with Gasteiger partial charge in [-0.3, -0.25) is 14.4 Å². The molecule has 4 aliphatic heterocycles. The van der Waals surface area contributed by atoms with Crippen LogP contribution in [0.2, 0.25) is 0 Å². The molecule has 0 aliphatic carbocycles. The summed E-state index contributed by atoms with van der Waals surface area (Å²) < 4.78 is -0.813. The summed E-state index contributed by atoms with van der Waals surface area (Å²) in [4.78, 5) is 49.0. The van der Waals surface area contributed by atoms with Gasteiger partial charge in [-0.2, -0.15) is 0 Å². The Hall–Kier alpha value is -2.58. The topological polar surface area (TPSA) is 81.2 Å². The number of rotatable bonds is 8. The van der Waals surface area contributed by atoms with E-state index in [0.29, 0.717) is 32.5 Å². The van der Waals surface area contributed by atoms with Crippen molar-refractivity contribution in [3.05, 3.63) is 54.6 Å². The van der Waals surface area contributed by atoms with Gasteiger partial charge in [0.2, 0.25) is 17.7 Å². The molecule has 2 saturated heterocycles. The van der Waals surface area contributed by atoms with Gasteiger partial charge in [-0.05, 0) is 57.1 Å². The predicted molar refractivity (Wildman–Crippen MR) is 164 cm³/mol. The number of carbonyl (C=O) groups excluding carboxylic acids is 3. The number of nitrogens with zero attached hydrogens (tertiary/aromatic N) is 3. The molecular weight excluding hydrogens is 534 g/mol. The summed E-state index contributed by atoms with van der Waals surface area (Å²) >= 11 is 1.63. The Balaban J connectivity index is 1.56. The molecule has 7 nitrogen and oxygen atoms in total. The lowest BCUT2D eigenvalue weighted by Crippen LogP contribution is -2.58. The molecule has 4 aliphatic rings. The number of hydrogen-bond acceptors (Lipinski definition) is 5. The summed E-state index contributed by atoms with van der Waals surface area (Å²) in [7, 11) is 0. The second-order valence-electron chi connectivity index (χ2n) is 13.8. The maximum Gasteiger partial charge on any atom is 0.247 e. The molecule has 1 aromatic rings. The van der Waals surface area contributed by atoms with Crippen LogP contribution in [0, 0.1) is 17.3 Å². The van der Waals surface area contributed by atoms with Crippen LogP contribution in [-0.4, -0.2) is 80.4 Å². The Morgan fingerprint density at radius 3 is 2.34 bits per heavy atom. The number of para-hydroxylation sites is 1. The van der Waals surface area contributed by atoms with Crippen LogP contribution in [0.3, 0.4) is 0 Å². The van der Waals surface area contributed by atoms with Crippen molar-refractivity contribution in [2.24, 2.45) is 17.3 Å². The van der Waals surface area contributed by atoms with Crippen LogP contribution in [-0.2, 0) is 14.4 Å². The molecule has 41 heavy (non-hydrogen) atoms. The maximum absolute atomic E-state index is 14.7. The molecule has 222 valence electrons. The number of unbranched alkanes of at least 4 members (excludes halogenated alkanes) is 2. The molecule has 1 aromatic carbocycles. The summed E-state index contributed by atoms with van der Waals surface area (Å²) in [6.07, 6.45) is 11.3. The van der Waals surface area contributed by atoms with Gasteiger partial charge >= 0.3 is 0 Å². The molecule has 0 radical (unpaired) electrons. The summed E-state index contributed by atoms with van der Waals surface area (Å²) in [6, 6.07) is 8.97. The molecular formula is C33H45N3O4S. The maximum atomic E-state index is 14.7. The highest BCUT2D eigenvalue weighted by molar-refractivity contribution is 8.02. The second kappa shape index (κ2) is 11.3. The number of anilines is 1. The van der Waals surface area contributed by atoms with E-state index >= 15 is 0 Å². The van der Waals surface area contributed by atoms with Gasteiger partial charge in [0.15, 0.2) is 0 Å². The molecule has 0 bridgehead atoms. The number of hydrogen-bond donors (Lipinski definition) is 1. The number of likely N-dealkylation sites (tertiary alicyclic amines) is 1. The Labute approximate surface area is 249 Å². The van der Waals surface area contributed by atoms with Crippen LogP contribution in [0.25, 0.3) is 0 Å². The molecule has 0 aromatic heterocycles. The molecule has 1 unspecified atom stereocenters. The number of aliphatic hydroxyl groups excluding tert-OH is 1. The highest BCUT2D eigenvalue weighted by Gasteiger charge is 2.71. The standard InChI is InChI=1S/C33H45N3O4S/c1-31(2,3)22-32(4,5)36-20-13-17-33-26(29(39)35(27(33)30(36)40)18-10-7-11-21-37)25-24(41-33)16-12-19-34(28(25)38)23-14-8-6-9-15-23/h6,8-9,12-17,24-27,37H,7,10-11,18-22H2,1-5H3/t24-,25+,26-,27?,33-/m0/s1. The quantitative estimate of drug-likeness (QED) is 0.358. The monoisotopic (exact) mass is 579 g/mol. The number of benzene rings is 1. The van der Waals surface area contributed by atoms with E-state index in [-0.39, 0.29) is 35.0 Å². The number of aliphatic hydroxyl groups is 1. The molecule has 1 N–H and O–H groups in total. The Bertz CT molecular complexity index is 1220. The molecule has 2 fully saturated rings. The number of thioether (sulfide) groups is 1. The van der Waals surface area contributed by atoms with Crippen molar-refractivity contribution in [2.75, 3.05) is 31.1 Å². The third-order valence-corrected chi connectivity index (χ3v) is 10.7. The van der Waals surface area contributed by atoms with Crippen LogP contribution >= 0.6 is 11.8 Å². The summed E-state index contributed by atoms with van der Waals surface area (Å²) in [5.74, 6) is -1.34. The van der Waals surface area contributed by atoms with Crippen molar-refractivity contribution in [3.63, 3.8) is 0 Å². The zero-order chi connectivity index (χ0) is 29.6. The highest BCUT2D eigenvalue weighted by atomic mass is 32.2. The Kier molecular flexibility index (Phi) is 8.20. The fourth-order valence-electron chi connectivity index (χ4n) is 7.73. The van der Waals surface area contributed by atoms with Crippen LogP contribution in [0.5, 0.6) is 0 Å². The average molecular weight is 580 g/mol. The van der Waals surface area contributed by atoms with Gasteiger partial charge in [0.1, 0.15) is 6.04 Å². The molecule has 5 atom stereocenters. The minimum absolute atomic E-state index is 0.0168. The number of amides is 3. The first-order chi connectivity index (χ1) is 19.4. The molecule has 1 spiro atoms. The Morgan fingerprint density at radius 2 is 1.66 bits per heavy atom. The third kappa shape index (κ3) is 5.38. The fourth-order valence-corrected chi connectivity index (χ4v) is 9.73. The van der Waals surface area contributed by atoms with Crippen LogP contribution < -0.4 is 4.90 Å². The van der Waals surface area contributed by atoms with Crippen LogP contribution in [0.1, 0.15) is 60.3 Å². The van der Waals surface area contributed by atoms with E-state index in [1.807, 2.05) is 41.3 Å². The van der Waals surface area contributed by atoms with E-state index < -0.39 is 28.2 Å². The first kappa shape index (κ1) is 29.9. The average Bonchev–Trinajstić information content (AvgIpc) is 3.20. The largest absolute Gasteiger partial charge is 0.396 e. The van der Waals surface area contributed by atoms with E-state index in [2.05, 4.69) is 52.8 Å². The lowest BCUT2D eigenvalue weighted by molar-refractivity contribution is -0.146. The summed E-state index contributed by atoms with van der Waals surface area (Å²) in [5, 5.41) is 9.14. The smallest absolute Gasteiger partial charge is 0.247 e. The van der Waals surface area contributed by atoms with Crippen molar-refractivity contribution in [1.82, 2.24) is 9.80 Å². The van der Waals surface area contributed by atoms with Gasteiger partial charge in [-0.15, -0.1) is 11.8 Å². The van der Waals surface area contributed by atoms with E-state index in [0.717, 1.165) is 18.5 Å². The normalized spacial score (nSPS) is 29.9. The zero-order valence-electron chi connectivity index (χ0n) is 25.1. The number of carbonyl (C=O) groups is 3. The van der Waals surface area contributed by atoms with Gasteiger partial charge in [0.05, 0.1) is 16.6 Å². The SMILES string of the molecule is CC(C)(C)CC(C)(C)N1CC=C[C@]23S[C@H]4C=CCN(c5ccccc5)C(=O)[C@H]4[C@H]2C(=O)N(CCCCCO)C3C1=O. The molecule has 5 rings (SSSR count). The first-order valence-electron chi connectivity index (χ1n) is 15.0. The summed E-state index contributed by atoms with van der Waals surface area (Å²) in [5.41, 5.74) is 0.421. The van der Waals surface area contributed by atoms with Crippen molar-refractivity contribution < 1.29 is 19.5 Å². The Morgan fingerprint density at radius 1 is 0.927 bits per heavy atom. The summed E-state index contributed by atoms with van der Waals surface area (Å²) in [6.45, 7) is 12.3. The third-order valence-electron chi connectivity index (χ3n) is 8.98. The second-order valence-corrected chi connectivity index (χ2v) is 15.3. The van der Waals surface area contributed by atoms with Gasteiger partial charge in [-0.1, -0.05) is 63.3 Å². The van der Waals surface area contributed by atoms with Crippen molar-refractivity contribution in [3.8, 4) is 0 Å². The van der Waals surface area contributed by atoms with Gasteiger partial charge in [0.25, 0.3) is 0 Å². The first-order valence-corrected chi connectivity index (χ1v) is 15.9. The van der Waals surface area contributed by atoms with Crippen molar-refractivity contribution in [1.29, 1.82) is 0 Å².